The van der Waals surface area contributed by atoms with E-state index in [4.69, 9.17) is 4.74 Å². The first-order chi connectivity index (χ1) is 18.0. The van der Waals surface area contributed by atoms with Gasteiger partial charge in [-0.2, -0.15) is 5.26 Å². The second kappa shape index (κ2) is 10.8. The maximum absolute atomic E-state index is 13.8. The number of carbonyl (C=O) groups excluding carboxylic acids is 3. The van der Waals surface area contributed by atoms with Crippen LogP contribution in [0, 0.1) is 29.1 Å². The SMILES string of the molecule is COc1cccc2[nH]c(C(=O)N3CC(C4CCCC4)C[C@H]3C(=O)N[C@H](C#N)C[C@@H]3CCCNC3=O)cc12. The van der Waals surface area contributed by atoms with Crippen molar-refractivity contribution in [3.63, 3.8) is 0 Å². The van der Waals surface area contributed by atoms with Gasteiger partial charge in [0.05, 0.1) is 13.2 Å². The molecule has 3 aliphatic rings. The molecule has 37 heavy (non-hydrogen) atoms. The molecule has 196 valence electrons. The fraction of sp³-hybridized carbons (Fsp3) is 0.571. The van der Waals surface area contributed by atoms with Crippen molar-refractivity contribution >= 4 is 28.6 Å². The van der Waals surface area contributed by atoms with E-state index in [1.165, 1.54) is 12.8 Å². The van der Waals surface area contributed by atoms with Crippen molar-refractivity contribution in [2.75, 3.05) is 20.2 Å². The van der Waals surface area contributed by atoms with Gasteiger partial charge in [0, 0.05) is 29.9 Å². The molecule has 0 spiro atoms. The number of hydrogen-bond acceptors (Lipinski definition) is 5. The number of hydrogen-bond donors (Lipinski definition) is 3. The molecule has 4 atom stereocenters. The summed E-state index contributed by atoms with van der Waals surface area (Å²) in [6.45, 7) is 1.18. The van der Waals surface area contributed by atoms with Gasteiger partial charge < -0.3 is 25.3 Å². The van der Waals surface area contributed by atoms with Crippen LogP contribution in [0.1, 0.15) is 61.9 Å². The highest BCUT2D eigenvalue weighted by atomic mass is 16.5. The lowest BCUT2D eigenvalue weighted by Crippen LogP contribution is -2.49. The van der Waals surface area contributed by atoms with Crippen LogP contribution in [-0.2, 0) is 9.59 Å². The molecule has 3 heterocycles. The molecule has 3 N–H and O–H groups in total. The Kier molecular flexibility index (Phi) is 7.36. The van der Waals surface area contributed by atoms with Crippen LogP contribution in [0.25, 0.3) is 10.9 Å². The molecular formula is C28H35N5O4. The number of aromatic nitrogens is 1. The summed E-state index contributed by atoms with van der Waals surface area (Å²) < 4.78 is 5.45. The molecule has 1 unspecified atom stereocenters. The van der Waals surface area contributed by atoms with Crippen LogP contribution in [-0.4, -0.2) is 59.9 Å². The Balaban J connectivity index is 1.35. The number of amides is 3. The highest BCUT2D eigenvalue weighted by Gasteiger charge is 2.44. The zero-order valence-corrected chi connectivity index (χ0v) is 21.3. The number of aromatic amines is 1. The molecule has 5 rings (SSSR count). The summed E-state index contributed by atoms with van der Waals surface area (Å²) in [7, 11) is 1.60. The minimum Gasteiger partial charge on any atom is -0.496 e. The number of ether oxygens (including phenoxy) is 1. The van der Waals surface area contributed by atoms with E-state index in [0.717, 1.165) is 30.2 Å². The van der Waals surface area contributed by atoms with E-state index < -0.39 is 12.1 Å². The fourth-order valence-electron chi connectivity index (χ4n) is 6.44. The number of benzene rings is 1. The zero-order chi connectivity index (χ0) is 25.9. The summed E-state index contributed by atoms with van der Waals surface area (Å²) >= 11 is 0. The van der Waals surface area contributed by atoms with Gasteiger partial charge in [0.25, 0.3) is 5.91 Å². The summed E-state index contributed by atoms with van der Waals surface area (Å²) in [5.74, 6) is 0.557. The Morgan fingerprint density at radius 2 is 2.03 bits per heavy atom. The number of H-pyrrole nitrogens is 1. The third-order valence-corrected chi connectivity index (χ3v) is 8.43. The topological polar surface area (TPSA) is 127 Å². The van der Waals surface area contributed by atoms with Gasteiger partial charge in [0.15, 0.2) is 0 Å². The quantitative estimate of drug-likeness (QED) is 0.533. The van der Waals surface area contributed by atoms with Crippen LogP contribution in [0.4, 0.5) is 0 Å². The molecular weight excluding hydrogens is 470 g/mol. The Morgan fingerprint density at radius 3 is 2.76 bits per heavy atom. The summed E-state index contributed by atoms with van der Waals surface area (Å²) in [6.07, 6.45) is 7.08. The lowest BCUT2D eigenvalue weighted by molar-refractivity contribution is -0.128. The van der Waals surface area contributed by atoms with E-state index in [2.05, 4.69) is 21.7 Å². The Bertz CT molecular complexity index is 1210. The Hall–Kier alpha value is -3.54. The number of fused-ring (bicyclic) bond motifs is 1. The van der Waals surface area contributed by atoms with Crippen LogP contribution in [0.15, 0.2) is 24.3 Å². The minimum absolute atomic E-state index is 0.0612. The van der Waals surface area contributed by atoms with Crippen molar-refractivity contribution in [1.29, 1.82) is 5.26 Å². The first-order valence-electron chi connectivity index (χ1n) is 13.4. The largest absolute Gasteiger partial charge is 0.496 e. The maximum Gasteiger partial charge on any atom is 0.270 e. The molecule has 3 fully saturated rings. The van der Waals surface area contributed by atoms with Gasteiger partial charge in [0.2, 0.25) is 11.8 Å². The molecule has 0 radical (unpaired) electrons. The monoisotopic (exact) mass is 505 g/mol. The molecule has 1 aromatic carbocycles. The maximum atomic E-state index is 13.8. The van der Waals surface area contributed by atoms with Gasteiger partial charge in [-0.15, -0.1) is 0 Å². The van der Waals surface area contributed by atoms with Gasteiger partial charge in [-0.3, -0.25) is 14.4 Å². The van der Waals surface area contributed by atoms with Gasteiger partial charge in [-0.25, -0.2) is 0 Å². The number of nitrogens with one attached hydrogen (secondary N) is 3. The predicted octanol–water partition coefficient (Wildman–Crippen LogP) is 3.12. The molecule has 9 heteroatoms. The summed E-state index contributed by atoms with van der Waals surface area (Å²) in [5.41, 5.74) is 1.21. The van der Waals surface area contributed by atoms with Crippen molar-refractivity contribution in [1.82, 2.24) is 20.5 Å². The molecule has 2 aromatic rings. The molecule has 9 nitrogen and oxygen atoms in total. The number of likely N-dealkylation sites (tertiary alicyclic amines) is 1. The summed E-state index contributed by atoms with van der Waals surface area (Å²) in [6, 6.07) is 8.12. The van der Waals surface area contributed by atoms with Crippen molar-refractivity contribution in [3.8, 4) is 11.8 Å². The first kappa shape index (κ1) is 25.1. The lowest BCUT2D eigenvalue weighted by Gasteiger charge is -2.27. The first-order valence-corrected chi connectivity index (χ1v) is 13.4. The smallest absolute Gasteiger partial charge is 0.270 e. The highest BCUT2D eigenvalue weighted by Crippen LogP contribution is 2.39. The molecule has 1 saturated carbocycles. The summed E-state index contributed by atoms with van der Waals surface area (Å²) in [5, 5.41) is 16.3. The number of methoxy groups -OCH3 is 1. The van der Waals surface area contributed by atoms with E-state index in [-0.39, 0.29) is 36.0 Å². The van der Waals surface area contributed by atoms with Crippen LogP contribution in [0.2, 0.25) is 0 Å². The van der Waals surface area contributed by atoms with Crippen LogP contribution < -0.4 is 15.4 Å². The van der Waals surface area contributed by atoms with E-state index in [1.807, 2.05) is 18.2 Å². The molecule has 2 saturated heterocycles. The number of nitrogens with zero attached hydrogens (tertiary/aromatic N) is 2. The van der Waals surface area contributed by atoms with Gasteiger partial charge in [-0.05, 0) is 55.7 Å². The third kappa shape index (κ3) is 5.15. The van der Waals surface area contributed by atoms with E-state index in [0.29, 0.717) is 43.3 Å². The van der Waals surface area contributed by atoms with Crippen molar-refractivity contribution in [2.45, 2.75) is 63.5 Å². The van der Waals surface area contributed by atoms with Gasteiger partial charge in [-0.1, -0.05) is 31.7 Å². The molecule has 3 amide bonds. The van der Waals surface area contributed by atoms with Crippen LogP contribution in [0.3, 0.4) is 0 Å². The minimum atomic E-state index is -0.777. The Labute approximate surface area is 216 Å². The van der Waals surface area contributed by atoms with Crippen LogP contribution >= 0.6 is 0 Å². The number of rotatable bonds is 7. The second-order valence-electron chi connectivity index (χ2n) is 10.7. The van der Waals surface area contributed by atoms with E-state index >= 15 is 0 Å². The van der Waals surface area contributed by atoms with Crippen LogP contribution in [0.5, 0.6) is 5.75 Å². The van der Waals surface area contributed by atoms with Crippen molar-refractivity contribution in [3.05, 3.63) is 30.0 Å². The van der Waals surface area contributed by atoms with Gasteiger partial charge >= 0.3 is 0 Å². The van der Waals surface area contributed by atoms with E-state index in [9.17, 15) is 19.6 Å². The lowest BCUT2D eigenvalue weighted by atomic mass is 9.88. The summed E-state index contributed by atoms with van der Waals surface area (Å²) in [4.78, 5) is 44.4. The third-order valence-electron chi connectivity index (χ3n) is 8.43. The molecule has 1 aromatic heterocycles. The fourth-order valence-corrected chi connectivity index (χ4v) is 6.44. The Morgan fingerprint density at radius 1 is 1.22 bits per heavy atom. The van der Waals surface area contributed by atoms with Crippen molar-refractivity contribution in [2.24, 2.45) is 17.8 Å². The number of nitriles is 1. The average molecular weight is 506 g/mol. The standard InChI is InChI=1S/C28H35N5O4/c1-37-25-10-4-9-22-21(25)14-23(32-22)28(36)33-16-19(17-6-2-3-7-17)13-24(33)27(35)31-20(15-29)12-18-8-5-11-30-26(18)34/h4,9-10,14,17-20,24,32H,2-3,5-8,11-13,16H2,1H3,(H,30,34)(H,31,35)/t18-,19?,20-,24-/m0/s1. The zero-order valence-electron chi connectivity index (χ0n) is 21.3. The van der Waals surface area contributed by atoms with Gasteiger partial charge in [0.1, 0.15) is 23.5 Å². The number of piperidine rings is 1. The molecule has 1 aliphatic carbocycles. The van der Waals surface area contributed by atoms with Crippen molar-refractivity contribution < 1.29 is 19.1 Å². The predicted molar refractivity (Wildman–Crippen MR) is 138 cm³/mol. The average Bonchev–Trinajstić information content (AvgIpc) is 3.68. The second-order valence-corrected chi connectivity index (χ2v) is 10.7. The number of carbonyl (C=O) groups is 3. The normalized spacial score (nSPS) is 25.0. The molecule has 2 aliphatic heterocycles. The molecule has 0 bridgehead atoms. The highest BCUT2D eigenvalue weighted by molar-refractivity contribution is 6.01. The van der Waals surface area contributed by atoms with E-state index in [1.54, 1.807) is 18.1 Å².